The first-order valence-electron chi connectivity index (χ1n) is 4.15. The Kier molecular flexibility index (Phi) is 3.41. The van der Waals surface area contributed by atoms with E-state index in [1.807, 2.05) is 0 Å². The summed E-state index contributed by atoms with van der Waals surface area (Å²) in [6.45, 7) is -0.443. The van der Waals surface area contributed by atoms with Gasteiger partial charge in [-0.05, 0) is 12.1 Å². The normalized spacial score (nSPS) is 11.7. The van der Waals surface area contributed by atoms with Crippen molar-refractivity contribution in [3.63, 3.8) is 0 Å². The number of aliphatic hydroxyl groups is 1. The predicted molar refractivity (Wildman–Crippen MR) is 50.3 cm³/mol. The lowest BCUT2D eigenvalue weighted by atomic mass is 10.1. The molecule has 0 saturated carbocycles. The van der Waals surface area contributed by atoms with Gasteiger partial charge < -0.3 is 5.11 Å². The van der Waals surface area contributed by atoms with E-state index in [1.165, 1.54) is 0 Å². The molecule has 0 aliphatic carbocycles. The summed E-state index contributed by atoms with van der Waals surface area (Å²) >= 11 is 0. The molecule has 0 aromatic heterocycles. The van der Waals surface area contributed by atoms with E-state index in [2.05, 4.69) is 0 Å². The zero-order valence-corrected chi connectivity index (χ0v) is 8.81. The number of sulfone groups is 1. The SMILES string of the molecule is CS(=O)(=O)c1ccc(F)c(CCO)c1F. The van der Waals surface area contributed by atoms with Crippen molar-refractivity contribution < 1.29 is 22.3 Å². The molecule has 0 aliphatic rings. The molecule has 0 atom stereocenters. The topological polar surface area (TPSA) is 54.4 Å². The largest absolute Gasteiger partial charge is 0.396 e. The maximum absolute atomic E-state index is 13.5. The lowest BCUT2D eigenvalue weighted by Crippen LogP contribution is -2.07. The Bertz CT molecular complexity index is 468. The average molecular weight is 236 g/mol. The Balaban J connectivity index is 3.42. The van der Waals surface area contributed by atoms with Crippen LogP contribution in [0.2, 0.25) is 0 Å². The molecule has 0 aliphatic heterocycles. The van der Waals surface area contributed by atoms with E-state index in [-0.39, 0.29) is 6.42 Å². The number of benzene rings is 1. The van der Waals surface area contributed by atoms with Crippen LogP contribution < -0.4 is 0 Å². The molecule has 0 spiro atoms. The molecule has 0 fully saturated rings. The zero-order chi connectivity index (χ0) is 11.6. The van der Waals surface area contributed by atoms with E-state index < -0.39 is 38.5 Å². The summed E-state index contributed by atoms with van der Waals surface area (Å²) in [6.07, 6.45) is 0.590. The lowest BCUT2D eigenvalue weighted by Gasteiger charge is -2.06. The van der Waals surface area contributed by atoms with Crippen LogP contribution in [0.5, 0.6) is 0 Å². The van der Waals surface area contributed by atoms with Gasteiger partial charge in [0, 0.05) is 24.8 Å². The Labute approximate surface area is 86.3 Å². The number of halogens is 2. The minimum Gasteiger partial charge on any atom is -0.396 e. The number of aliphatic hydroxyl groups excluding tert-OH is 1. The first-order chi connectivity index (χ1) is 6.88. The second-order valence-corrected chi connectivity index (χ2v) is 5.07. The van der Waals surface area contributed by atoms with Crippen molar-refractivity contribution in [2.75, 3.05) is 12.9 Å². The molecule has 0 heterocycles. The molecule has 0 saturated heterocycles. The fourth-order valence-corrected chi connectivity index (χ4v) is 1.97. The van der Waals surface area contributed by atoms with Crippen molar-refractivity contribution in [1.29, 1.82) is 0 Å². The van der Waals surface area contributed by atoms with E-state index >= 15 is 0 Å². The van der Waals surface area contributed by atoms with Gasteiger partial charge in [0.25, 0.3) is 0 Å². The highest BCUT2D eigenvalue weighted by molar-refractivity contribution is 7.90. The van der Waals surface area contributed by atoms with E-state index in [1.54, 1.807) is 0 Å². The summed E-state index contributed by atoms with van der Waals surface area (Å²) in [6, 6.07) is 1.76. The van der Waals surface area contributed by atoms with Gasteiger partial charge in [0.1, 0.15) is 16.5 Å². The van der Waals surface area contributed by atoms with Crippen molar-refractivity contribution in [3.05, 3.63) is 29.3 Å². The van der Waals surface area contributed by atoms with E-state index in [9.17, 15) is 17.2 Å². The van der Waals surface area contributed by atoms with Crippen LogP contribution >= 0.6 is 0 Å². The van der Waals surface area contributed by atoms with Gasteiger partial charge in [0.15, 0.2) is 9.84 Å². The highest BCUT2D eigenvalue weighted by Gasteiger charge is 2.19. The molecule has 1 aromatic carbocycles. The van der Waals surface area contributed by atoms with Gasteiger partial charge in [-0.3, -0.25) is 0 Å². The zero-order valence-electron chi connectivity index (χ0n) is 8.00. The highest BCUT2D eigenvalue weighted by Crippen LogP contribution is 2.21. The quantitative estimate of drug-likeness (QED) is 0.793. The molecular weight excluding hydrogens is 226 g/mol. The predicted octanol–water partition coefficient (Wildman–Crippen LogP) is 0.903. The number of hydrogen-bond acceptors (Lipinski definition) is 3. The molecule has 6 heteroatoms. The fourth-order valence-electron chi connectivity index (χ4n) is 1.20. The van der Waals surface area contributed by atoms with Crippen LogP contribution in [0, 0.1) is 11.6 Å². The number of rotatable bonds is 3. The molecule has 1 rings (SSSR count). The third-order valence-electron chi connectivity index (χ3n) is 1.91. The second-order valence-electron chi connectivity index (χ2n) is 3.08. The van der Waals surface area contributed by atoms with Crippen LogP contribution in [0.15, 0.2) is 17.0 Å². The van der Waals surface area contributed by atoms with Crippen molar-refractivity contribution in [2.24, 2.45) is 0 Å². The molecule has 0 radical (unpaired) electrons. The Morgan fingerprint density at radius 2 is 1.93 bits per heavy atom. The van der Waals surface area contributed by atoms with E-state index in [0.29, 0.717) is 0 Å². The molecule has 15 heavy (non-hydrogen) atoms. The van der Waals surface area contributed by atoms with Crippen molar-refractivity contribution in [1.82, 2.24) is 0 Å². The highest BCUT2D eigenvalue weighted by atomic mass is 32.2. The summed E-state index contributed by atoms with van der Waals surface area (Å²) in [5.74, 6) is -1.97. The van der Waals surface area contributed by atoms with Crippen molar-refractivity contribution >= 4 is 9.84 Å². The Hall–Kier alpha value is -1.01. The molecule has 1 N–H and O–H groups in total. The third kappa shape index (κ3) is 2.51. The van der Waals surface area contributed by atoms with Gasteiger partial charge in [-0.15, -0.1) is 0 Å². The van der Waals surface area contributed by atoms with Gasteiger partial charge >= 0.3 is 0 Å². The molecular formula is C9H10F2O3S. The first-order valence-corrected chi connectivity index (χ1v) is 6.05. The monoisotopic (exact) mass is 236 g/mol. The molecule has 0 bridgehead atoms. The van der Waals surface area contributed by atoms with Crippen LogP contribution in [0.1, 0.15) is 5.56 Å². The van der Waals surface area contributed by atoms with Crippen LogP contribution in [0.25, 0.3) is 0 Å². The minimum atomic E-state index is -3.71. The summed E-state index contributed by atoms with van der Waals surface area (Å²) in [4.78, 5) is -0.549. The standard InChI is InChI=1S/C9H10F2O3S/c1-15(13,14)8-3-2-7(10)6(4-5-12)9(8)11/h2-3,12H,4-5H2,1H3. The maximum Gasteiger partial charge on any atom is 0.178 e. The lowest BCUT2D eigenvalue weighted by molar-refractivity contribution is 0.295. The van der Waals surface area contributed by atoms with Gasteiger partial charge in [0.05, 0.1) is 0 Å². The van der Waals surface area contributed by atoms with Gasteiger partial charge in [-0.25, -0.2) is 17.2 Å². The maximum atomic E-state index is 13.5. The molecule has 84 valence electrons. The van der Waals surface area contributed by atoms with Gasteiger partial charge in [-0.2, -0.15) is 0 Å². The molecule has 3 nitrogen and oxygen atoms in total. The van der Waals surface area contributed by atoms with Crippen LogP contribution in [0.4, 0.5) is 8.78 Å². The van der Waals surface area contributed by atoms with Gasteiger partial charge in [-0.1, -0.05) is 0 Å². The summed E-state index contributed by atoms with van der Waals surface area (Å²) in [5.41, 5.74) is -0.402. The second kappa shape index (κ2) is 4.24. The summed E-state index contributed by atoms with van der Waals surface area (Å²) in [7, 11) is -3.71. The summed E-state index contributed by atoms with van der Waals surface area (Å²) < 4.78 is 48.7. The van der Waals surface area contributed by atoms with Crippen molar-refractivity contribution in [3.8, 4) is 0 Å². The van der Waals surface area contributed by atoms with Crippen LogP contribution in [0.3, 0.4) is 0 Å². The third-order valence-corrected chi connectivity index (χ3v) is 3.03. The van der Waals surface area contributed by atoms with Crippen LogP contribution in [-0.4, -0.2) is 26.4 Å². The summed E-state index contributed by atoms with van der Waals surface area (Å²) in [5, 5.41) is 8.58. The number of hydrogen-bond donors (Lipinski definition) is 1. The van der Waals surface area contributed by atoms with Crippen molar-refractivity contribution in [2.45, 2.75) is 11.3 Å². The minimum absolute atomic E-state index is 0.249. The first kappa shape index (κ1) is 12.1. The van der Waals surface area contributed by atoms with E-state index in [4.69, 9.17) is 5.11 Å². The van der Waals surface area contributed by atoms with Gasteiger partial charge in [0.2, 0.25) is 0 Å². The molecule has 0 amide bonds. The Morgan fingerprint density at radius 1 is 1.33 bits per heavy atom. The average Bonchev–Trinajstić information content (AvgIpc) is 2.09. The fraction of sp³-hybridized carbons (Fsp3) is 0.333. The smallest absolute Gasteiger partial charge is 0.178 e. The molecule has 0 unspecified atom stereocenters. The Morgan fingerprint density at radius 3 is 2.40 bits per heavy atom. The van der Waals surface area contributed by atoms with Crippen LogP contribution in [-0.2, 0) is 16.3 Å². The molecule has 1 aromatic rings. The van der Waals surface area contributed by atoms with E-state index in [0.717, 1.165) is 18.4 Å².